The zero-order valence-electron chi connectivity index (χ0n) is 11.9. The third kappa shape index (κ3) is 2.68. The molecule has 3 nitrogen and oxygen atoms in total. The van der Waals surface area contributed by atoms with Crippen molar-refractivity contribution in [2.24, 2.45) is 0 Å². The Balaban J connectivity index is 2.45. The lowest BCUT2D eigenvalue weighted by Crippen LogP contribution is -2.01. The zero-order valence-corrected chi connectivity index (χ0v) is 12.7. The van der Waals surface area contributed by atoms with Crippen LogP contribution in [0.5, 0.6) is 0 Å². The highest BCUT2D eigenvalue weighted by Gasteiger charge is 2.16. The Morgan fingerprint density at radius 1 is 1.16 bits per heavy atom. The fourth-order valence-electron chi connectivity index (χ4n) is 2.36. The normalized spacial score (nSPS) is 10.6. The number of benzene rings is 1. The van der Waals surface area contributed by atoms with E-state index >= 15 is 0 Å². The fraction of sp³-hybridized carbons (Fsp3) is 0.333. The van der Waals surface area contributed by atoms with Gasteiger partial charge in [-0.2, -0.15) is 4.37 Å². The topological polar surface area (TPSA) is 42.0 Å². The maximum atomic E-state index is 11.7. The first-order valence-electron chi connectivity index (χ1n) is 6.22. The van der Waals surface area contributed by atoms with Crippen LogP contribution < -0.4 is 5.32 Å². The summed E-state index contributed by atoms with van der Waals surface area (Å²) in [6.07, 6.45) is 0. The van der Waals surface area contributed by atoms with Crippen molar-refractivity contribution < 1.29 is 4.79 Å². The monoisotopic (exact) mass is 274 g/mol. The van der Waals surface area contributed by atoms with Gasteiger partial charge in [-0.1, -0.05) is 17.7 Å². The lowest BCUT2D eigenvalue weighted by molar-refractivity contribution is 0.101. The largest absolute Gasteiger partial charge is 0.345 e. The van der Waals surface area contributed by atoms with Crippen molar-refractivity contribution in [1.82, 2.24) is 4.37 Å². The molecule has 0 radical (unpaired) electrons. The maximum absolute atomic E-state index is 11.7. The highest BCUT2D eigenvalue weighted by molar-refractivity contribution is 7.10. The molecule has 0 saturated carbocycles. The molecule has 0 aliphatic carbocycles. The molecular formula is C15H18N2OS. The number of hydrogen-bond acceptors (Lipinski definition) is 4. The van der Waals surface area contributed by atoms with Gasteiger partial charge in [0.05, 0.1) is 11.3 Å². The number of rotatable bonds is 3. The highest BCUT2D eigenvalue weighted by atomic mass is 32.1. The predicted molar refractivity (Wildman–Crippen MR) is 80.8 cm³/mol. The summed E-state index contributed by atoms with van der Waals surface area (Å²) in [7, 11) is 0. The number of carbonyl (C=O) groups is 1. The third-order valence-electron chi connectivity index (χ3n) is 3.13. The molecule has 1 heterocycles. The Hall–Kier alpha value is -1.68. The Morgan fingerprint density at radius 2 is 1.74 bits per heavy atom. The predicted octanol–water partition coefficient (Wildman–Crippen LogP) is 4.32. The van der Waals surface area contributed by atoms with Crippen LogP contribution in [0.1, 0.15) is 39.7 Å². The van der Waals surface area contributed by atoms with E-state index in [9.17, 15) is 4.79 Å². The maximum Gasteiger partial charge on any atom is 0.164 e. The molecule has 100 valence electrons. The van der Waals surface area contributed by atoms with Crippen molar-refractivity contribution in [2.45, 2.75) is 34.6 Å². The van der Waals surface area contributed by atoms with Gasteiger partial charge in [-0.15, -0.1) is 0 Å². The van der Waals surface area contributed by atoms with Gasteiger partial charge in [0.25, 0.3) is 0 Å². The first-order chi connectivity index (χ1) is 8.90. The first kappa shape index (κ1) is 13.7. The number of carbonyl (C=O) groups excluding carboxylic acids is 1. The molecule has 1 aromatic carbocycles. The van der Waals surface area contributed by atoms with Crippen LogP contribution in [0.25, 0.3) is 0 Å². The lowest BCUT2D eigenvalue weighted by Gasteiger charge is -2.13. The Bertz CT molecular complexity index is 621. The van der Waals surface area contributed by atoms with Crippen LogP contribution in [0.3, 0.4) is 0 Å². The zero-order chi connectivity index (χ0) is 14.2. The van der Waals surface area contributed by atoms with E-state index in [0.29, 0.717) is 5.56 Å². The summed E-state index contributed by atoms with van der Waals surface area (Å²) in [6, 6.07) is 4.27. The summed E-state index contributed by atoms with van der Waals surface area (Å²) < 4.78 is 4.27. The van der Waals surface area contributed by atoms with Crippen molar-refractivity contribution in [2.75, 3.05) is 5.32 Å². The number of ketones is 1. The van der Waals surface area contributed by atoms with Crippen LogP contribution in [0.2, 0.25) is 0 Å². The molecule has 0 aliphatic heterocycles. The minimum atomic E-state index is 0.0520. The summed E-state index contributed by atoms with van der Waals surface area (Å²) >= 11 is 1.34. The van der Waals surface area contributed by atoms with Gasteiger partial charge in [-0.25, -0.2) is 0 Å². The van der Waals surface area contributed by atoms with Gasteiger partial charge in [0.1, 0.15) is 5.00 Å². The van der Waals surface area contributed by atoms with E-state index in [1.807, 2.05) is 6.92 Å². The number of Topliss-reactive ketones (excluding diaryl/α,β-unsaturated/α-hetero) is 1. The quantitative estimate of drug-likeness (QED) is 0.847. The van der Waals surface area contributed by atoms with Crippen LogP contribution >= 0.6 is 11.5 Å². The number of hydrogen-bond donors (Lipinski definition) is 1. The summed E-state index contributed by atoms with van der Waals surface area (Å²) in [5.74, 6) is 0.0520. The van der Waals surface area contributed by atoms with Crippen molar-refractivity contribution in [3.05, 3.63) is 40.1 Å². The molecule has 0 bridgehead atoms. The van der Waals surface area contributed by atoms with E-state index in [-0.39, 0.29) is 5.78 Å². The molecule has 2 aromatic rings. The molecule has 0 fully saturated rings. The summed E-state index contributed by atoms with van der Waals surface area (Å²) in [5, 5.41) is 4.21. The van der Waals surface area contributed by atoms with Gasteiger partial charge in [-0.05, 0) is 57.3 Å². The standard InChI is InChI=1S/C15H18N2OS/c1-8-6-9(2)14(10(3)7-8)16-15-13(12(5)18)11(4)17-19-15/h6-7,16H,1-5H3. The van der Waals surface area contributed by atoms with Crippen LogP contribution in [-0.4, -0.2) is 10.2 Å². The van der Waals surface area contributed by atoms with E-state index in [1.165, 1.54) is 28.2 Å². The third-order valence-corrected chi connectivity index (χ3v) is 3.98. The molecule has 0 aliphatic rings. The van der Waals surface area contributed by atoms with Crippen LogP contribution in [0.15, 0.2) is 12.1 Å². The van der Waals surface area contributed by atoms with E-state index in [4.69, 9.17) is 0 Å². The minimum absolute atomic E-state index is 0.0520. The molecule has 2 rings (SSSR count). The molecule has 0 unspecified atom stereocenters. The first-order valence-corrected chi connectivity index (χ1v) is 6.99. The van der Waals surface area contributed by atoms with E-state index in [0.717, 1.165) is 16.4 Å². The van der Waals surface area contributed by atoms with E-state index in [2.05, 4.69) is 42.6 Å². The smallest absolute Gasteiger partial charge is 0.164 e. The van der Waals surface area contributed by atoms with Crippen molar-refractivity contribution in [3.8, 4) is 0 Å². The SMILES string of the molecule is CC(=O)c1c(C)nsc1Nc1c(C)cc(C)cc1C. The van der Waals surface area contributed by atoms with Crippen LogP contribution in [-0.2, 0) is 0 Å². The van der Waals surface area contributed by atoms with Crippen molar-refractivity contribution in [3.63, 3.8) is 0 Å². The van der Waals surface area contributed by atoms with Crippen LogP contribution in [0.4, 0.5) is 10.7 Å². The molecule has 4 heteroatoms. The van der Waals surface area contributed by atoms with E-state index in [1.54, 1.807) is 6.92 Å². The average Bonchev–Trinajstić information content (AvgIpc) is 2.64. The molecule has 0 amide bonds. The molecule has 0 spiro atoms. The van der Waals surface area contributed by atoms with Gasteiger partial charge in [0.15, 0.2) is 5.78 Å². The Morgan fingerprint density at radius 3 is 2.26 bits per heavy atom. The molecule has 1 N–H and O–H groups in total. The van der Waals surface area contributed by atoms with Gasteiger partial charge < -0.3 is 5.32 Å². The van der Waals surface area contributed by atoms with Crippen molar-refractivity contribution in [1.29, 1.82) is 0 Å². The Labute approximate surface area is 117 Å². The van der Waals surface area contributed by atoms with E-state index < -0.39 is 0 Å². The Kier molecular flexibility index (Phi) is 3.71. The molecule has 0 atom stereocenters. The van der Waals surface area contributed by atoms with Crippen molar-refractivity contribution >= 4 is 28.0 Å². The lowest BCUT2D eigenvalue weighted by atomic mass is 10.0. The number of nitrogens with zero attached hydrogens (tertiary/aromatic N) is 1. The molecule has 19 heavy (non-hydrogen) atoms. The molecular weight excluding hydrogens is 256 g/mol. The minimum Gasteiger partial charge on any atom is -0.345 e. The number of anilines is 2. The summed E-state index contributed by atoms with van der Waals surface area (Å²) in [5.41, 5.74) is 6.16. The van der Waals surface area contributed by atoms with Crippen LogP contribution in [0, 0.1) is 27.7 Å². The number of aromatic nitrogens is 1. The fourth-order valence-corrected chi connectivity index (χ4v) is 3.21. The average molecular weight is 274 g/mol. The summed E-state index contributed by atoms with van der Waals surface area (Å²) in [6.45, 7) is 9.68. The molecule has 0 saturated heterocycles. The second kappa shape index (κ2) is 5.13. The van der Waals surface area contributed by atoms with Gasteiger partial charge >= 0.3 is 0 Å². The highest BCUT2D eigenvalue weighted by Crippen LogP contribution is 2.31. The van der Waals surface area contributed by atoms with Gasteiger partial charge in [-0.3, -0.25) is 4.79 Å². The second-order valence-electron chi connectivity index (χ2n) is 4.93. The number of nitrogens with one attached hydrogen (secondary N) is 1. The van der Waals surface area contributed by atoms with Gasteiger partial charge in [0, 0.05) is 5.69 Å². The second-order valence-corrected chi connectivity index (χ2v) is 5.70. The summed E-state index contributed by atoms with van der Waals surface area (Å²) in [4.78, 5) is 11.7. The molecule has 1 aromatic heterocycles. The van der Waals surface area contributed by atoms with Gasteiger partial charge in [0.2, 0.25) is 0 Å². The number of aryl methyl sites for hydroxylation is 4.